The molecular formula is C17H29IN4O2. The Hall–Kier alpha value is -1.51. The van der Waals surface area contributed by atoms with Crippen LogP contribution in [-0.2, 0) is 11.3 Å². The fourth-order valence-electron chi connectivity index (χ4n) is 2.01. The van der Waals surface area contributed by atoms with Crippen molar-refractivity contribution < 1.29 is 9.53 Å². The predicted molar refractivity (Wildman–Crippen MR) is 109 cm³/mol. The van der Waals surface area contributed by atoms with Crippen molar-refractivity contribution in [2.75, 3.05) is 20.7 Å². The first-order valence-electron chi connectivity index (χ1n) is 7.64. The maximum atomic E-state index is 11.8. The summed E-state index contributed by atoms with van der Waals surface area (Å²) in [6, 6.07) is 6.04. The molecule has 0 atom stereocenters. The second-order valence-corrected chi connectivity index (χ2v) is 6.38. The lowest BCUT2D eigenvalue weighted by Gasteiger charge is -2.21. The van der Waals surface area contributed by atoms with Gasteiger partial charge in [0.2, 0.25) is 5.91 Å². The molecule has 0 aliphatic carbocycles. The third-order valence-corrected chi connectivity index (χ3v) is 3.09. The van der Waals surface area contributed by atoms with Gasteiger partial charge in [0.25, 0.3) is 0 Å². The second kappa shape index (κ2) is 10.4. The Morgan fingerprint density at radius 2 is 1.92 bits per heavy atom. The molecule has 6 nitrogen and oxygen atoms in total. The van der Waals surface area contributed by atoms with Gasteiger partial charge >= 0.3 is 0 Å². The average molecular weight is 448 g/mol. The van der Waals surface area contributed by atoms with Crippen LogP contribution in [-0.4, -0.2) is 38.1 Å². The maximum Gasteiger partial charge on any atom is 0.239 e. The molecule has 0 aliphatic rings. The van der Waals surface area contributed by atoms with E-state index in [1.165, 1.54) is 0 Å². The number of methoxy groups -OCH3 is 1. The smallest absolute Gasteiger partial charge is 0.239 e. The van der Waals surface area contributed by atoms with Gasteiger partial charge in [0.1, 0.15) is 5.75 Å². The first kappa shape index (κ1) is 22.5. The van der Waals surface area contributed by atoms with Gasteiger partial charge in [0.15, 0.2) is 5.96 Å². The molecule has 0 heterocycles. The molecule has 0 unspecified atom stereocenters. The van der Waals surface area contributed by atoms with Crippen LogP contribution in [0.2, 0.25) is 0 Å². The van der Waals surface area contributed by atoms with Crippen LogP contribution in [0.4, 0.5) is 0 Å². The molecule has 0 radical (unpaired) electrons. The fraction of sp³-hybridized carbons (Fsp3) is 0.529. The second-order valence-electron chi connectivity index (χ2n) is 6.38. The zero-order chi connectivity index (χ0) is 17.5. The molecule has 0 bridgehead atoms. The Labute approximate surface area is 161 Å². The lowest BCUT2D eigenvalue weighted by molar-refractivity contribution is -0.121. The van der Waals surface area contributed by atoms with E-state index in [2.05, 4.69) is 20.9 Å². The van der Waals surface area contributed by atoms with Gasteiger partial charge in [-0.05, 0) is 44.9 Å². The Balaban J connectivity index is 0.00000529. The number of nitrogens with zero attached hydrogens (tertiary/aromatic N) is 1. The standard InChI is InChI=1S/C17H28N4O2.HI/c1-12-7-8-13(9-14(12)23-6)10-19-16(18-5)20-11-15(22)21-17(2,3)4;/h7-9H,10-11H2,1-6H3,(H,21,22)(H2,18,19,20);1H. The highest BCUT2D eigenvalue weighted by atomic mass is 127. The molecule has 0 aromatic heterocycles. The molecule has 1 aromatic carbocycles. The molecule has 0 spiro atoms. The number of carbonyl (C=O) groups is 1. The van der Waals surface area contributed by atoms with Gasteiger partial charge in [-0.1, -0.05) is 12.1 Å². The number of amides is 1. The van der Waals surface area contributed by atoms with Crippen LogP contribution in [0.25, 0.3) is 0 Å². The van der Waals surface area contributed by atoms with E-state index in [1.807, 2.05) is 45.9 Å². The first-order valence-corrected chi connectivity index (χ1v) is 7.64. The molecule has 24 heavy (non-hydrogen) atoms. The number of hydrogen-bond acceptors (Lipinski definition) is 3. The van der Waals surface area contributed by atoms with Crippen molar-refractivity contribution in [2.24, 2.45) is 4.99 Å². The molecule has 1 rings (SSSR count). The van der Waals surface area contributed by atoms with Crippen molar-refractivity contribution in [3.63, 3.8) is 0 Å². The lowest BCUT2D eigenvalue weighted by atomic mass is 10.1. The van der Waals surface area contributed by atoms with E-state index < -0.39 is 0 Å². The number of aryl methyl sites for hydroxylation is 1. The Bertz CT molecular complexity index is 568. The van der Waals surface area contributed by atoms with E-state index >= 15 is 0 Å². The summed E-state index contributed by atoms with van der Waals surface area (Å²) in [4.78, 5) is 15.9. The SMILES string of the molecule is CN=C(NCC(=O)NC(C)(C)C)NCc1ccc(C)c(OC)c1.I. The molecule has 1 amide bonds. The van der Waals surface area contributed by atoms with Crippen molar-refractivity contribution in [1.82, 2.24) is 16.0 Å². The van der Waals surface area contributed by atoms with Crippen LogP contribution >= 0.6 is 24.0 Å². The van der Waals surface area contributed by atoms with Crippen LogP contribution in [0.15, 0.2) is 23.2 Å². The fourth-order valence-corrected chi connectivity index (χ4v) is 2.01. The number of guanidine groups is 1. The zero-order valence-corrected chi connectivity index (χ0v) is 17.6. The number of nitrogens with one attached hydrogen (secondary N) is 3. The van der Waals surface area contributed by atoms with Crippen molar-refractivity contribution >= 4 is 35.8 Å². The molecular weight excluding hydrogens is 419 g/mol. The normalized spacial score (nSPS) is 11.3. The number of hydrogen-bond donors (Lipinski definition) is 3. The van der Waals surface area contributed by atoms with Gasteiger partial charge in [-0.25, -0.2) is 0 Å². The highest BCUT2D eigenvalue weighted by Crippen LogP contribution is 2.18. The van der Waals surface area contributed by atoms with Gasteiger partial charge < -0.3 is 20.7 Å². The van der Waals surface area contributed by atoms with Crippen LogP contribution in [0.1, 0.15) is 31.9 Å². The summed E-state index contributed by atoms with van der Waals surface area (Å²) in [5, 5.41) is 9.07. The Morgan fingerprint density at radius 1 is 1.25 bits per heavy atom. The summed E-state index contributed by atoms with van der Waals surface area (Å²) in [6.45, 7) is 8.62. The number of carbonyl (C=O) groups excluding carboxylic acids is 1. The third-order valence-electron chi connectivity index (χ3n) is 3.09. The molecule has 136 valence electrons. The van der Waals surface area contributed by atoms with E-state index in [0.29, 0.717) is 12.5 Å². The van der Waals surface area contributed by atoms with E-state index in [0.717, 1.165) is 16.9 Å². The van der Waals surface area contributed by atoms with Gasteiger partial charge in [0, 0.05) is 19.1 Å². The monoisotopic (exact) mass is 448 g/mol. The predicted octanol–water partition coefficient (Wildman–Crippen LogP) is 2.20. The number of rotatable bonds is 5. The van der Waals surface area contributed by atoms with Gasteiger partial charge in [-0.2, -0.15) is 0 Å². The van der Waals surface area contributed by atoms with E-state index in [1.54, 1.807) is 14.2 Å². The van der Waals surface area contributed by atoms with Crippen molar-refractivity contribution in [1.29, 1.82) is 0 Å². The highest BCUT2D eigenvalue weighted by Gasteiger charge is 2.13. The molecule has 1 aromatic rings. The van der Waals surface area contributed by atoms with Gasteiger partial charge in [0.05, 0.1) is 13.7 Å². The molecule has 3 N–H and O–H groups in total. The molecule has 7 heteroatoms. The maximum absolute atomic E-state index is 11.8. The Morgan fingerprint density at radius 3 is 2.46 bits per heavy atom. The van der Waals surface area contributed by atoms with E-state index in [9.17, 15) is 4.79 Å². The van der Waals surface area contributed by atoms with Crippen LogP contribution in [0, 0.1) is 6.92 Å². The summed E-state index contributed by atoms with van der Waals surface area (Å²) >= 11 is 0. The largest absolute Gasteiger partial charge is 0.496 e. The summed E-state index contributed by atoms with van der Waals surface area (Å²) in [5.41, 5.74) is 1.93. The van der Waals surface area contributed by atoms with E-state index in [4.69, 9.17) is 4.74 Å². The Kier molecular flexibility index (Phi) is 9.72. The van der Waals surface area contributed by atoms with Crippen LogP contribution < -0.4 is 20.7 Å². The minimum absolute atomic E-state index is 0. The molecule has 0 saturated heterocycles. The number of halogens is 1. The van der Waals surface area contributed by atoms with Gasteiger partial charge in [-0.3, -0.25) is 9.79 Å². The topological polar surface area (TPSA) is 74.8 Å². The van der Waals surface area contributed by atoms with E-state index in [-0.39, 0.29) is 42.0 Å². The average Bonchev–Trinajstić information content (AvgIpc) is 2.47. The summed E-state index contributed by atoms with van der Waals surface area (Å²) < 4.78 is 5.32. The third kappa shape index (κ3) is 8.37. The van der Waals surface area contributed by atoms with Crippen molar-refractivity contribution in [3.05, 3.63) is 29.3 Å². The molecule has 0 saturated carbocycles. The number of aliphatic imine (C=N–C) groups is 1. The summed E-state index contributed by atoms with van der Waals surface area (Å²) in [7, 11) is 3.33. The van der Waals surface area contributed by atoms with Gasteiger partial charge in [-0.15, -0.1) is 24.0 Å². The minimum atomic E-state index is -0.242. The van der Waals surface area contributed by atoms with Crippen molar-refractivity contribution in [3.8, 4) is 5.75 Å². The first-order chi connectivity index (χ1) is 10.7. The van der Waals surface area contributed by atoms with Crippen molar-refractivity contribution in [2.45, 2.75) is 39.8 Å². The van der Waals surface area contributed by atoms with Crippen LogP contribution in [0.5, 0.6) is 5.75 Å². The number of benzene rings is 1. The highest BCUT2D eigenvalue weighted by molar-refractivity contribution is 14.0. The summed E-state index contributed by atoms with van der Waals surface area (Å²) in [5.74, 6) is 1.36. The quantitative estimate of drug-likeness (QED) is 0.367. The lowest BCUT2D eigenvalue weighted by Crippen LogP contribution is -2.48. The zero-order valence-electron chi connectivity index (χ0n) is 15.3. The minimum Gasteiger partial charge on any atom is -0.496 e. The summed E-state index contributed by atoms with van der Waals surface area (Å²) in [6.07, 6.45) is 0. The van der Waals surface area contributed by atoms with Crippen LogP contribution in [0.3, 0.4) is 0 Å². The molecule has 0 aliphatic heterocycles. The molecule has 0 fully saturated rings. The number of ether oxygens (including phenoxy) is 1.